The van der Waals surface area contributed by atoms with Crippen LogP contribution in [0.25, 0.3) is 0 Å². The van der Waals surface area contributed by atoms with Gasteiger partial charge in [0.25, 0.3) is 0 Å². The van der Waals surface area contributed by atoms with Gasteiger partial charge in [0.15, 0.2) is 5.82 Å². The molecule has 1 fully saturated rings. The summed E-state index contributed by atoms with van der Waals surface area (Å²) in [4.78, 5) is 4.62. The number of hydrogen-bond donors (Lipinski definition) is 1. The molecule has 1 N–H and O–H groups in total. The monoisotopic (exact) mass is 237 g/mol. The molecule has 1 saturated carbocycles. The smallest absolute Gasteiger partial charge is 0.153 e. The van der Waals surface area contributed by atoms with Crippen LogP contribution in [0.15, 0.2) is 0 Å². The van der Waals surface area contributed by atoms with E-state index in [1.54, 1.807) is 7.11 Å². The van der Waals surface area contributed by atoms with E-state index in [4.69, 9.17) is 4.74 Å². The summed E-state index contributed by atoms with van der Waals surface area (Å²) in [6.07, 6.45) is 7.26. The van der Waals surface area contributed by atoms with E-state index in [1.807, 2.05) is 0 Å². The minimum absolute atomic E-state index is 0.177. The summed E-state index contributed by atoms with van der Waals surface area (Å²) >= 11 is 0. The fourth-order valence-corrected chi connectivity index (χ4v) is 2.41. The van der Waals surface area contributed by atoms with Crippen LogP contribution in [0, 0.1) is 0 Å². The molecular formula is C13H23N3O. The van der Waals surface area contributed by atoms with E-state index in [9.17, 15) is 0 Å². The van der Waals surface area contributed by atoms with Gasteiger partial charge >= 0.3 is 0 Å². The van der Waals surface area contributed by atoms with Crippen molar-refractivity contribution in [2.45, 2.75) is 63.9 Å². The molecule has 0 bridgehead atoms. The number of rotatable bonds is 4. The predicted octanol–water partition coefficient (Wildman–Crippen LogP) is 2.82. The summed E-state index contributed by atoms with van der Waals surface area (Å²) in [5, 5.41) is 7.42. The normalized spacial score (nSPS) is 18.5. The fraction of sp³-hybridized carbons (Fsp3) is 0.846. The van der Waals surface area contributed by atoms with Crippen molar-refractivity contribution in [3.8, 4) is 0 Å². The first kappa shape index (κ1) is 12.6. The Morgan fingerprint density at radius 1 is 1.29 bits per heavy atom. The molecule has 1 aromatic rings. The van der Waals surface area contributed by atoms with Gasteiger partial charge in [-0.2, -0.15) is 5.10 Å². The molecule has 0 saturated heterocycles. The lowest BCUT2D eigenvalue weighted by Gasteiger charge is -2.21. The third kappa shape index (κ3) is 3.28. The van der Waals surface area contributed by atoms with E-state index in [2.05, 4.69) is 29.0 Å². The van der Waals surface area contributed by atoms with E-state index in [0.29, 0.717) is 5.92 Å². The van der Waals surface area contributed by atoms with E-state index in [-0.39, 0.29) is 5.60 Å². The van der Waals surface area contributed by atoms with Gasteiger partial charge in [0.1, 0.15) is 5.82 Å². The van der Waals surface area contributed by atoms with E-state index >= 15 is 0 Å². The van der Waals surface area contributed by atoms with Crippen molar-refractivity contribution in [2.24, 2.45) is 0 Å². The van der Waals surface area contributed by atoms with Crippen LogP contribution in [0.2, 0.25) is 0 Å². The zero-order valence-corrected chi connectivity index (χ0v) is 11.1. The first-order valence-corrected chi connectivity index (χ1v) is 6.57. The highest BCUT2D eigenvalue weighted by Gasteiger charge is 2.23. The quantitative estimate of drug-likeness (QED) is 0.876. The van der Waals surface area contributed by atoms with Gasteiger partial charge in [0, 0.05) is 19.4 Å². The van der Waals surface area contributed by atoms with Gasteiger partial charge in [-0.1, -0.05) is 19.3 Å². The van der Waals surface area contributed by atoms with Gasteiger partial charge in [0.05, 0.1) is 5.60 Å². The van der Waals surface area contributed by atoms with Crippen LogP contribution in [0.1, 0.15) is 63.5 Å². The van der Waals surface area contributed by atoms with Crippen LogP contribution in [-0.4, -0.2) is 27.9 Å². The highest BCUT2D eigenvalue weighted by molar-refractivity contribution is 5.01. The van der Waals surface area contributed by atoms with Crippen LogP contribution in [0.5, 0.6) is 0 Å². The number of nitrogens with one attached hydrogen (secondary N) is 1. The average molecular weight is 237 g/mol. The van der Waals surface area contributed by atoms with Crippen LogP contribution in [0.4, 0.5) is 0 Å². The Bertz CT molecular complexity index is 353. The molecule has 1 aliphatic rings. The Hall–Kier alpha value is -0.900. The number of aromatic amines is 1. The summed E-state index contributed by atoms with van der Waals surface area (Å²) in [5.41, 5.74) is -0.177. The minimum atomic E-state index is -0.177. The Morgan fingerprint density at radius 3 is 2.65 bits per heavy atom. The second-order valence-electron chi connectivity index (χ2n) is 5.62. The molecule has 1 aromatic heterocycles. The number of hydrogen-bond acceptors (Lipinski definition) is 3. The van der Waals surface area contributed by atoms with Gasteiger partial charge in [-0.05, 0) is 26.7 Å². The molecule has 17 heavy (non-hydrogen) atoms. The van der Waals surface area contributed by atoms with Gasteiger partial charge in [-0.25, -0.2) is 4.98 Å². The molecular weight excluding hydrogens is 214 g/mol. The molecule has 96 valence electrons. The van der Waals surface area contributed by atoms with Crippen LogP contribution >= 0.6 is 0 Å². The SMILES string of the molecule is COC(C)(C)Cc1nc(C2CCCCC2)n[nH]1. The number of methoxy groups -OCH3 is 1. The van der Waals surface area contributed by atoms with E-state index < -0.39 is 0 Å². The Morgan fingerprint density at radius 2 is 2.00 bits per heavy atom. The van der Waals surface area contributed by atoms with Crippen LogP contribution < -0.4 is 0 Å². The first-order valence-electron chi connectivity index (χ1n) is 6.57. The second kappa shape index (κ2) is 5.17. The molecule has 4 nitrogen and oxygen atoms in total. The number of ether oxygens (including phenoxy) is 1. The largest absolute Gasteiger partial charge is 0.378 e. The highest BCUT2D eigenvalue weighted by Crippen LogP contribution is 2.30. The molecule has 4 heteroatoms. The highest BCUT2D eigenvalue weighted by atomic mass is 16.5. The van der Waals surface area contributed by atoms with Gasteiger partial charge in [-0.3, -0.25) is 5.10 Å². The molecule has 0 aliphatic heterocycles. The van der Waals surface area contributed by atoms with E-state index in [1.165, 1.54) is 32.1 Å². The lowest BCUT2D eigenvalue weighted by atomic mass is 9.89. The zero-order chi connectivity index (χ0) is 12.3. The fourth-order valence-electron chi connectivity index (χ4n) is 2.41. The molecule has 0 spiro atoms. The van der Waals surface area contributed by atoms with Crippen molar-refractivity contribution in [3.63, 3.8) is 0 Å². The topological polar surface area (TPSA) is 50.8 Å². The van der Waals surface area contributed by atoms with Crippen LogP contribution in [-0.2, 0) is 11.2 Å². The third-order valence-corrected chi connectivity index (χ3v) is 3.67. The minimum Gasteiger partial charge on any atom is -0.378 e. The average Bonchev–Trinajstić information content (AvgIpc) is 2.78. The maximum atomic E-state index is 5.41. The molecule has 0 amide bonds. The summed E-state index contributed by atoms with van der Waals surface area (Å²) in [5.74, 6) is 2.52. The van der Waals surface area contributed by atoms with Gasteiger partial charge < -0.3 is 4.74 Å². The maximum absolute atomic E-state index is 5.41. The van der Waals surface area contributed by atoms with Crippen molar-refractivity contribution in [1.82, 2.24) is 15.2 Å². The molecule has 0 aromatic carbocycles. The Labute approximate surface area is 103 Å². The van der Waals surface area contributed by atoms with Crippen molar-refractivity contribution >= 4 is 0 Å². The molecule has 0 atom stereocenters. The number of aromatic nitrogens is 3. The molecule has 1 heterocycles. The Kier molecular flexibility index (Phi) is 3.82. The van der Waals surface area contributed by atoms with Crippen LogP contribution in [0.3, 0.4) is 0 Å². The van der Waals surface area contributed by atoms with Gasteiger partial charge in [0.2, 0.25) is 0 Å². The first-order chi connectivity index (χ1) is 8.11. The second-order valence-corrected chi connectivity index (χ2v) is 5.62. The summed E-state index contributed by atoms with van der Waals surface area (Å²) in [6.45, 7) is 4.13. The predicted molar refractivity (Wildman–Crippen MR) is 67.0 cm³/mol. The van der Waals surface area contributed by atoms with Crippen molar-refractivity contribution in [3.05, 3.63) is 11.6 Å². The molecule has 0 unspecified atom stereocenters. The standard InChI is InChI=1S/C13H23N3O/c1-13(2,17-3)9-11-14-12(16-15-11)10-7-5-4-6-8-10/h10H,4-9H2,1-3H3,(H,14,15,16). The lowest BCUT2D eigenvalue weighted by molar-refractivity contribution is 0.0216. The van der Waals surface area contributed by atoms with Crippen molar-refractivity contribution in [1.29, 1.82) is 0 Å². The Balaban J connectivity index is 2.00. The maximum Gasteiger partial charge on any atom is 0.153 e. The molecule has 1 aliphatic carbocycles. The van der Waals surface area contributed by atoms with E-state index in [0.717, 1.165) is 18.1 Å². The number of H-pyrrole nitrogens is 1. The summed E-state index contributed by atoms with van der Waals surface area (Å²) in [6, 6.07) is 0. The summed E-state index contributed by atoms with van der Waals surface area (Å²) < 4.78 is 5.41. The summed E-state index contributed by atoms with van der Waals surface area (Å²) in [7, 11) is 1.73. The third-order valence-electron chi connectivity index (χ3n) is 3.67. The number of nitrogens with zero attached hydrogens (tertiary/aromatic N) is 2. The van der Waals surface area contributed by atoms with Crippen molar-refractivity contribution in [2.75, 3.05) is 7.11 Å². The van der Waals surface area contributed by atoms with Gasteiger partial charge in [-0.15, -0.1) is 0 Å². The zero-order valence-electron chi connectivity index (χ0n) is 11.1. The molecule has 0 radical (unpaired) electrons. The molecule has 2 rings (SSSR count). The lowest BCUT2D eigenvalue weighted by Crippen LogP contribution is -2.26. The van der Waals surface area contributed by atoms with Crippen molar-refractivity contribution < 1.29 is 4.74 Å².